The largest absolute Gasteiger partial charge is 0.778 e. The minimum Gasteiger partial charge on any atom is -0.778 e. The predicted molar refractivity (Wildman–Crippen MR) is 300 cm³/mol. The number of rotatable bonds is 17. The maximum Gasteiger partial charge on any atom is 0.434 e. The molecule has 81 heavy (non-hydrogen) atoms. The van der Waals surface area contributed by atoms with E-state index in [0.29, 0.717) is 28.6 Å². The van der Waals surface area contributed by atoms with Crippen LogP contribution in [-0.4, -0.2) is 138 Å². The molecule has 5 rings (SSSR count). The number of amides is 1. The molecule has 1 aliphatic carbocycles. The van der Waals surface area contributed by atoms with Crippen molar-refractivity contribution in [1.29, 1.82) is 0 Å². The topological polar surface area (TPSA) is 312 Å². The minimum absolute atomic E-state index is 0.0223. The van der Waals surface area contributed by atoms with E-state index in [1.165, 1.54) is 0 Å². The number of esters is 1. The first kappa shape index (κ1) is 73.9. The van der Waals surface area contributed by atoms with Crippen LogP contribution < -0.4 is 15.1 Å². The number of carboxylic acid groups (broad SMARTS) is 1. The quantitative estimate of drug-likeness (QED) is 0.0103. The molecule has 1 saturated carbocycles. The van der Waals surface area contributed by atoms with E-state index in [-0.39, 0.29) is 57.4 Å². The number of carbonyl (C=O) groups excluding carboxylic acids is 5. The average Bonchev–Trinajstić information content (AvgIpc) is 3.69. The fraction of sp³-hybridized carbons (Fsp3) is 0.460. The molecule has 0 spiro atoms. The number of nitrogens with one attached hydrogen (secondary N) is 1. The number of nitro groups is 1. The van der Waals surface area contributed by atoms with Crippen molar-refractivity contribution < 1.29 is 88.6 Å². The van der Waals surface area contributed by atoms with Gasteiger partial charge in [0, 0.05) is 44.9 Å². The number of alkyl halides is 4. The summed E-state index contributed by atoms with van der Waals surface area (Å²) in [4.78, 5) is 99.7. The number of benzene rings is 3. The van der Waals surface area contributed by atoms with Gasteiger partial charge in [-0.05, 0) is 103 Å². The molecule has 2 unspecified atom stereocenters. The number of ether oxygens (including phenoxy) is 2. The van der Waals surface area contributed by atoms with E-state index in [9.17, 15) is 74.3 Å². The van der Waals surface area contributed by atoms with Crippen molar-refractivity contribution in [3.05, 3.63) is 102 Å². The molecule has 2 atom stereocenters. The number of hydrogen-bond donors (Lipinski definition) is 3. The van der Waals surface area contributed by atoms with Crippen LogP contribution in [0.25, 0.3) is 11.3 Å². The fourth-order valence-electron chi connectivity index (χ4n) is 7.22. The Kier molecular flexibility index (Phi) is 30.3. The summed E-state index contributed by atoms with van der Waals surface area (Å²) in [5.41, 5.74) is 0.184. The van der Waals surface area contributed by atoms with Crippen molar-refractivity contribution >= 4 is 114 Å². The molecule has 0 bridgehead atoms. The second-order valence-electron chi connectivity index (χ2n) is 18.2. The highest BCUT2D eigenvalue weighted by Crippen LogP contribution is 2.41. The summed E-state index contributed by atoms with van der Waals surface area (Å²) in [5, 5.41) is 24.6. The standard InChI is InChI=1S/C15H12BrClF4N2O2.C15H22ClNO2.C14H13NO7S.C3H8NO5P.C3H9S/c1-6(2)25-14(24)7-4-8(10(18)5-9(7)17)12-11(16)13(15(19,20)21)23(3)22-12;1-5-13-8-6-7-11(2)15(13)17(14(18)9-16)12(3)10-19-4;1-23(21,22)8-5-6-9(10(7-8)15(19)20)14(18)13-11(16)3-2-4-12(13)17;5-3(6)1-4-2-10(7,8)9;1-4(2)3/h4-6H,1-3H3;6-8,12H,5,9-10H2,1-4H3;5-7,13H,2-4H2,1H3;4H,1-2H2,(H,5,6)(H2,7,8,9);1-3H3/q;;;;+1/p-1. The number of aromatic nitrogens is 2. The molecule has 1 aromatic heterocycles. The van der Waals surface area contributed by atoms with Gasteiger partial charge < -0.3 is 33.8 Å². The third kappa shape index (κ3) is 23.6. The lowest BCUT2D eigenvalue weighted by atomic mass is 9.81. The molecular weight excluding hydrogens is 1250 g/mol. The number of aliphatic carboxylic acids is 1. The number of carboxylic acids is 1. The van der Waals surface area contributed by atoms with Gasteiger partial charge in [-0.25, -0.2) is 17.6 Å². The van der Waals surface area contributed by atoms with Crippen molar-refractivity contribution in [3.8, 4) is 11.3 Å². The Bertz CT molecular complexity index is 3060. The summed E-state index contributed by atoms with van der Waals surface area (Å²) < 4.78 is 96.7. The van der Waals surface area contributed by atoms with Gasteiger partial charge in [0.05, 0.1) is 86.5 Å². The average molecular weight is 1310 g/mol. The zero-order valence-electron chi connectivity index (χ0n) is 45.8. The maximum atomic E-state index is 14.3. The minimum atomic E-state index is -4.69. The predicted octanol–water partition coefficient (Wildman–Crippen LogP) is 8.17. The summed E-state index contributed by atoms with van der Waals surface area (Å²) in [6.45, 7) is 9.31. The zero-order chi connectivity index (χ0) is 62.7. The van der Waals surface area contributed by atoms with Gasteiger partial charge in [0.2, 0.25) is 5.91 Å². The van der Waals surface area contributed by atoms with Crippen LogP contribution in [0.1, 0.15) is 84.5 Å². The van der Waals surface area contributed by atoms with Gasteiger partial charge in [-0.1, -0.05) is 36.7 Å². The van der Waals surface area contributed by atoms with Gasteiger partial charge in [-0.2, -0.15) is 18.3 Å². The SMILES string of the molecule is CC(C)OC(=O)c1cc(-c2nn(C)c(C(F)(F)F)c2Br)c(F)cc1Cl.CCc1cccc(C)c1N(C(=O)CCl)C(C)COC.CS(=O)(=O)c1ccc(C(=O)C2C(=O)CCCC2=O)c([N+](=O)[O-])c1.C[S+](C)C.O=C(O)CNCP(=O)([O-])O. The summed E-state index contributed by atoms with van der Waals surface area (Å²) in [6.07, 6.45) is 2.98. The van der Waals surface area contributed by atoms with Crippen LogP contribution in [0.5, 0.6) is 0 Å². The van der Waals surface area contributed by atoms with Gasteiger partial charge in [0.25, 0.3) is 5.69 Å². The van der Waals surface area contributed by atoms with Crippen LogP contribution in [0.4, 0.5) is 28.9 Å². The first-order valence-corrected chi connectivity index (χ1v) is 31.6. The molecule has 3 N–H and O–H groups in total. The van der Waals surface area contributed by atoms with E-state index in [1.54, 1.807) is 25.9 Å². The summed E-state index contributed by atoms with van der Waals surface area (Å²) in [6, 6.07) is 10.7. The normalized spacial score (nSPS) is 13.7. The second-order valence-corrected chi connectivity index (χ2v) is 25.7. The molecule has 21 nitrogen and oxygen atoms in total. The molecule has 1 amide bonds. The van der Waals surface area contributed by atoms with Gasteiger partial charge in [0.1, 0.15) is 30.9 Å². The molecular formula is C50H63BrCl2F4N5O16PS2. The van der Waals surface area contributed by atoms with Crippen LogP contribution in [-0.2, 0) is 73.6 Å². The number of halogens is 7. The van der Waals surface area contributed by atoms with Crippen molar-refractivity contribution in [3.63, 3.8) is 0 Å². The zero-order valence-corrected chi connectivity index (χ0v) is 51.4. The first-order valence-electron chi connectivity index (χ1n) is 23.8. The number of sulfone groups is 1. The lowest BCUT2D eigenvalue weighted by Crippen LogP contribution is -2.43. The van der Waals surface area contributed by atoms with Crippen molar-refractivity contribution in [2.24, 2.45) is 13.0 Å². The molecule has 3 aromatic carbocycles. The van der Waals surface area contributed by atoms with Gasteiger partial charge in [-0.15, -0.1) is 11.6 Å². The molecule has 31 heteroatoms. The number of nitro benzene ring substituents is 1. The van der Waals surface area contributed by atoms with E-state index in [4.69, 9.17) is 42.7 Å². The summed E-state index contributed by atoms with van der Waals surface area (Å²) >= 11 is 14.4. The number of anilines is 1. The number of ketones is 3. The Morgan fingerprint density at radius 1 is 1.06 bits per heavy atom. The Morgan fingerprint density at radius 3 is 2.07 bits per heavy atom. The molecule has 450 valence electrons. The van der Waals surface area contributed by atoms with Gasteiger partial charge in [0.15, 0.2) is 32.9 Å². The Hall–Kier alpha value is -5.16. The number of aryl methyl sites for hydroxylation is 3. The smallest absolute Gasteiger partial charge is 0.434 e. The van der Waals surface area contributed by atoms with Crippen LogP contribution in [0, 0.1) is 28.8 Å². The Morgan fingerprint density at radius 2 is 1.63 bits per heavy atom. The van der Waals surface area contributed by atoms with E-state index < -0.39 is 110 Å². The highest BCUT2D eigenvalue weighted by molar-refractivity contribution is 9.10. The van der Waals surface area contributed by atoms with Gasteiger partial charge >= 0.3 is 18.1 Å². The molecule has 1 fully saturated rings. The number of carbonyl (C=O) groups is 6. The molecule has 4 aromatic rings. The van der Waals surface area contributed by atoms with E-state index in [0.717, 1.165) is 66.9 Å². The van der Waals surface area contributed by atoms with Crippen molar-refractivity contribution in [2.75, 3.05) is 62.4 Å². The number of para-hydroxylation sites is 1. The highest BCUT2D eigenvalue weighted by atomic mass is 79.9. The van der Waals surface area contributed by atoms with E-state index in [2.05, 4.69) is 52.8 Å². The van der Waals surface area contributed by atoms with Crippen LogP contribution >= 0.6 is 46.7 Å². The van der Waals surface area contributed by atoms with Crippen LogP contribution in [0.3, 0.4) is 0 Å². The van der Waals surface area contributed by atoms with E-state index in [1.807, 2.05) is 31.3 Å². The fourth-order valence-corrected chi connectivity index (χ4v) is 9.39. The molecule has 1 heterocycles. The summed E-state index contributed by atoms with van der Waals surface area (Å²) in [5.74, 6) is -6.63. The van der Waals surface area contributed by atoms with Crippen molar-refractivity contribution in [1.82, 2.24) is 15.1 Å². The Labute approximate surface area is 487 Å². The third-order valence-electron chi connectivity index (χ3n) is 10.5. The number of nitrogens with zero attached hydrogens (tertiary/aromatic N) is 4. The van der Waals surface area contributed by atoms with Gasteiger partial charge in [-0.3, -0.25) is 44.1 Å². The highest BCUT2D eigenvalue weighted by Gasteiger charge is 2.41. The van der Waals surface area contributed by atoms with Crippen LogP contribution in [0.15, 0.2) is 57.9 Å². The molecule has 1 aliphatic rings. The monoisotopic (exact) mass is 1310 g/mol. The first-order chi connectivity index (χ1) is 37.3. The molecule has 0 saturated heterocycles. The molecule has 0 radical (unpaired) electrons. The third-order valence-corrected chi connectivity index (χ3v) is 13.5. The Balaban J connectivity index is 0.000000547. The van der Waals surface area contributed by atoms with Crippen molar-refractivity contribution in [2.45, 2.75) is 83.5 Å². The molecule has 0 aliphatic heterocycles. The number of methoxy groups -OCH3 is 1. The number of hydrogen-bond acceptors (Lipinski definition) is 16. The van der Waals surface area contributed by atoms with Crippen LogP contribution in [0.2, 0.25) is 5.02 Å². The maximum absolute atomic E-state index is 14.3. The van der Waals surface area contributed by atoms with E-state index >= 15 is 0 Å². The second kappa shape index (κ2) is 33.2. The number of Topliss-reactive ketones (excluding diaryl/α,β-unsaturated/α-hetero) is 3. The lowest BCUT2D eigenvalue weighted by Gasteiger charge is -2.31. The summed E-state index contributed by atoms with van der Waals surface area (Å²) in [7, 11) is -4.69. The lowest BCUT2D eigenvalue weighted by molar-refractivity contribution is -0.385.